The fourth-order valence-electron chi connectivity index (χ4n) is 2.39. The van der Waals surface area contributed by atoms with E-state index in [9.17, 15) is 14.0 Å². The molecular weight excluding hydrogens is 356 g/mol. The lowest BCUT2D eigenvalue weighted by Crippen LogP contribution is -2.38. The molecule has 3 rings (SSSR count). The summed E-state index contributed by atoms with van der Waals surface area (Å²) in [6.45, 7) is -0.104. The number of hydrogen-bond donors (Lipinski definition) is 0. The molecule has 0 saturated heterocycles. The zero-order chi connectivity index (χ0) is 17.3. The van der Waals surface area contributed by atoms with Gasteiger partial charge in [0.1, 0.15) is 17.4 Å². The monoisotopic (exact) mass is 369 g/mol. The molecule has 1 aliphatic carbocycles. The van der Waals surface area contributed by atoms with Gasteiger partial charge >= 0.3 is 0 Å². The highest BCUT2D eigenvalue weighted by Gasteiger charge is 2.33. The number of rotatable bonds is 5. The molecule has 1 fully saturated rings. The Balaban J connectivity index is 1.80. The summed E-state index contributed by atoms with van der Waals surface area (Å²) in [5.41, 5.74) is -0.189. The normalized spacial score (nSPS) is 13.8. The third-order valence-electron chi connectivity index (χ3n) is 3.83. The van der Waals surface area contributed by atoms with Gasteiger partial charge in [-0.15, -0.1) is 0 Å². The Morgan fingerprint density at radius 2 is 2.04 bits per heavy atom. The van der Waals surface area contributed by atoms with Gasteiger partial charge in [-0.05, 0) is 18.9 Å². The lowest BCUT2D eigenvalue weighted by Gasteiger charge is -2.23. The van der Waals surface area contributed by atoms with Crippen LogP contribution in [0.4, 0.5) is 4.39 Å². The summed E-state index contributed by atoms with van der Waals surface area (Å²) in [7, 11) is 0. The van der Waals surface area contributed by atoms with Crippen molar-refractivity contribution in [3.63, 3.8) is 0 Å². The summed E-state index contributed by atoms with van der Waals surface area (Å²) in [4.78, 5) is 26.2. The number of amides is 1. The number of hydrogen-bond acceptors (Lipinski definition) is 3. The van der Waals surface area contributed by atoms with Crippen LogP contribution in [0.1, 0.15) is 18.4 Å². The van der Waals surface area contributed by atoms with Crippen LogP contribution in [-0.4, -0.2) is 26.6 Å². The van der Waals surface area contributed by atoms with Gasteiger partial charge in [0, 0.05) is 18.2 Å². The highest BCUT2D eigenvalue weighted by atomic mass is 35.5. The van der Waals surface area contributed by atoms with Crippen molar-refractivity contribution in [2.24, 2.45) is 0 Å². The molecule has 8 heteroatoms. The van der Waals surface area contributed by atoms with Crippen molar-refractivity contribution in [3.05, 3.63) is 62.2 Å². The fraction of sp³-hybridized carbons (Fsp3) is 0.312. The van der Waals surface area contributed by atoms with E-state index >= 15 is 0 Å². The maximum atomic E-state index is 13.8. The van der Waals surface area contributed by atoms with Crippen molar-refractivity contribution in [1.29, 1.82) is 0 Å². The first-order valence-electron chi connectivity index (χ1n) is 7.41. The van der Waals surface area contributed by atoms with Crippen LogP contribution in [0.3, 0.4) is 0 Å². The van der Waals surface area contributed by atoms with Crippen LogP contribution in [0.15, 0.2) is 35.3 Å². The van der Waals surface area contributed by atoms with Crippen LogP contribution in [0, 0.1) is 5.82 Å². The van der Waals surface area contributed by atoms with E-state index in [-0.39, 0.29) is 40.9 Å². The molecule has 1 heterocycles. The highest BCUT2D eigenvalue weighted by Crippen LogP contribution is 2.29. The zero-order valence-corrected chi connectivity index (χ0v) is 14.1. The number of aromatic nitrogens is 2. The third kappa shape index (κ3) is 3.60. The minimum absolute atomic E-state index is 0.0378. The average molecular weight is 370 g/mol. The van der Waals surface area contributed by atoms with Crippen LogP contribution in [0.2, 0.25) is 10.0 Å². The second-order valence-electron chi connectivity index (χ2n) is 5.61. The molecule has 0 spiro atoms. The van der Waals surface area contributed by atoms with Gasteiger partial charge in [0.05, 0.1) is 11.2 Å². The zero-order valence-electron chi connectivity index (χ0n) is 12.6. The molecule has 0 aliphatic heterocycles. The molecule has 0 unspecified atom stereocenters. The number of nitrogens with zero attached hydrogens (tertiary/aromatic N) is 3. The van der Waals surface area contributed by atoms with Gasteiger partial charge in [-0.25, -0.2) is 9.07 Å². The molecule has 0 radical (unpaired) electrons. The van der Waals surface area contributed by atoms with Gasteiger partial charge in [-0.3, -0.25) is 9.59 Å². The Morgan fingerprint density at radius 1 is 1.33 bits per heavy atom. The summed E-state index contributed by atoms with van der Waals surface area (Å²) in [6.07, 6.45) is 2.95. The molecular formula is C16H14Cl2FN3O2. The second-order valence-corrected chi connectivity index (χ2v) is 6.40. The lowest BCUT2D eigenvalue weighted by molar-refractivity contribution is -0.133. The van der Waals surface area contributed by atoms with Gasteiger partial charge in [-0.2, -0.15) is 5.10 Å². The topological polar surface area (TPSA) is 55.2 Å². The molecule has 1 aromatic carbocycles. The van der Waals surface area contributed by atoms with E-state index in [0.717, 1.165) is 17.5 Å². The van der Waals surface area contributed by atoms with Crippen LogP contribution in [0.5, 0.6) is 0 Å². The molecule has 1 aliphatic rings. The Bertz CT molecular complexity index is 836. The van der Waals surface area contributed by atoms with E-state index in [4.69, 9.17) is 23.2 Å². The van der Waals surface area contributed by atoms with Gasteiger partial charge in [0.2, 0.25) is 5.91 Å². The summed E-state index contributed by atoms with van der Waals surface area (Å²) >= 11 is 11.5. The second kappa shape index (κ2) is 6.91. The smallest absolute Gasteiger partial charge is 0.287 e. The largest absolute Gasteiger partial charge is 0.334 e. The Labute approximate surface area is 147 Å². The van der Waals surface area contributed by atoms with E-state index in [1.165, 1.54) is 12.3 Å². The minimum Gasteiger partial charge on any atom is -0.334 e. The van der Waals surface area contributed by atoms with Crippen LogP contribution >= 0.6 is 23.2 Å². The predicted molar refractivity (Wildman–Crippen MR) is 88.5 cm³/mol. The molecule has 0 N–H and O–H groups in total. The van der Waals surface area contributed by atoms with E-state index in [0.29, 0.717) is 5.56 Å². The molecule has 1 aromatic heterocycles. The maximum Gasteiger partial charge on any atom is 0.287 e. The maximum absolute atomic E-state index is 13.8. The molecule has 1 saturated carbocycles. The van der Waals surface area contributed by atoms with Crippen molar-refractivity contribution < 1.29 is 9.18 Å². The first-order chi connectivity index (χ1) is 11.5. The Kier molecular flexibility index (Phi) is 4.87. The predicted octanol–water partition coefficient (Wildman–Crippen LogP) is 2.88. The number of benzene rings is 1. The van der Waals surface area contributed by atoms with E-state index in [1.54, 1.807) is 23.1 Å². The molecule has 2 aromatic rings. The van der Waals surface area contributed by atoms with Crippen LogP contribution < -0.4 is 5.56 Å². The number of carbonyl (C=O) groups is 1. The molecule has 24 heavy (non-hydrogen) atoms. The lowest BCUT2D eigenvalue weighted by atomic mass is 10.2. The number of halogens is 3. The van der Waals surface area contributed by atoms with Gasteiger partial charge in [0.25, 0.3) is 5.56 Å². The molecule has 5 nitrogen and oxygen atoms in total. The van der Waals surface area contributed by atoms with Gasteiger partial charge in [-0.1, -0.05) is 41.4 Å². The van der Waals surface area contributed by atoms with Crippen molar-refractivity contribution >= 4 is 29.1 Å². The third-order valence-corrected chi connectivity index (χ3v) is 4.58. The first-order valence-corrected chi connectivity index (χ1v) is 8.17. The molecule has 0 atom stereocenters. The van der Waals surface area contributed by atoms with Crippen LogP contribution in [-0.2, 0) is 17.9 Å². The summed E-state index contributed by atoms with van der Waals surface area (Å²) < 4.78 is 14.8. The van der Waals surface area contributed by atoms with Gasteiger partial charge in [0.15, 0.2) is 0 Å². The minimum atomic E-state index is -0.626. The SMILES string of the molecule is O=C(Cn1ncc(Cl)c(Cl)c1=O)N(Cc1ccccc1F)C1CC1. The Hall–Kier alpha value is -1.92. The summed E-state index contributed by atoms with van der Waals surface area (Å²) in [5, 5.41) is 3.69. The quantitative estimate of drug-likeness (QED) is 0.813. The fourth-order valence-corrected chi connectivity index (χ4v) is 2.66. The van der Waals surface area contributed by atoms with Gasteiger partial charge < -0.3 is 4.90 Å². The molecule has 0 bridgehead atoms. The molecule has 1 amide bonds. The first kappa shape index (κ1) is 16.9. The van der Waals surface area contributed by atoms with Crippen molar-refractivity contribution in [1.82, 2.24) is 14.7 Å². The highest BCUT2D eigenvalue weighted by molar-refractivity contribution is 6.41. The Morgan fingerprint density at radius 3 is 2.71 bits per heavy atom. The van der Waals surface area contributed by atoms with E-state index in [1.807, 2.05) is 0 Å². The van der Waals surface area contributed by atoms with Crippen molar-refractivity contribution in [2.75, 3.05) is 0 Å². The van der Waals surface area contributed by atoms with Crippen molar-refractivity contribution in [3.8, 4) is 0 Å². The van der Waals surface area contributed by atoms with E-state index < -0.39 is 5.56 Å². The van der Waals surface area contributed by atoms with E-state index in [2.05, 4.69) is 5.10 Å². The summed E-state index contributed by atoms with van der Waals surface area (Å²) in [5.74, 6) is -0.672. The standard InChI is InChI=1S/C16H14Cl2FN3O2/c17-12-7-20-22(16(24)15(12)18)9-14(23)21(11-5-6-11)8-10-3-1-2-4-13(10)19/h1-4,7,11H,5-6,8-9H2. The number of carbonyl (C=O) groups excluding carboxylic acids is 1. The van der Waals surface area contributed by atoms with Crippen molar-refractivity contribution in [2.45, 2.75) is 32.0 Å². The molecule has 126 valence electrons. The summed E-state index contributed by atoms with van der Waals surface area (Å²) in [6, 6.07) is 6.38. The van der Waals surface area contributed by atoms with Crippen LogP contribution in [0.25, 0.3) is 0 Å². The average Bonchev–Trinajstić information content (AvgIpc) is 3.39.